The van der Waals surface area contributed by atoms with Gasteiger partial charge in [0.2, 0.25) is 0 Å². The van der Waals surface area contributed by atoms with Crippen molar-refractivity contribution in [3.63, 3.8) is 0 Å². The number of ether oxygens (including phenoxy) is 3. The topological polar surface area (TPSA) is 66.4 Å². The molecule has 30 heavy (non-hydrogen) atoms. The van der Waals surface area contributed by atoms with Crippen molar-refractivity contribution in [1.82, 2.24) is 15.0 Å². The molecule has 4 rings (SSSR count). The molecule has 0 spiro atoms. The molecule has 152 valence electrons. The number of hydrogen-bond acceptors (Lipinski definition) is 6. The van der Waals surface area contributed by atoms with E-state index in [0.29, 0.717) is 28.7 Å². The average molecular weight is 401 g/mol. The summed E-state index contributed by atoms with van der Waals surface area (Å²) in [6.45, 7) is 5.96. The second kappa shape index (κ2) is 7.99. The molecule has 0 unspecified atom stereocenters. The Hall–Kier alpha value is -3.67. The van der Waals surface area contributed by atoms with Crippen molar-refractivity contribution in [3.05, 3.63) is 65.6 Å². The third kappa shape index (κ3) is 3.64. The molecule has 0 atom stereocenters. The Bertz CT molecular complexity index is 1240. The molecule has 0 N–H and O–H groups in total. The highest BCUT2D eigenvalue weighted by Crippen LogP contribution is 2.39. The maximum Gasteiger partial charge on any atom is 0.162 e. The van der Waals surface area contributed by atoms with Gasteiger partial charge in [0.15, 0.2) is 17.2 Å². The number of methoxy groups -OCH3 is 2. The van der Waals surface area contributed by atoms with E-state index in [0.717, 1.165) is 33.5 Å². The molecule has 3 aromatic heterocycles. The van der Waals surface area contributed by atoms with Gasteiger partial charge in [0.1, 0.15) is 11.4 Å². The lowest BCUT2D eigenvalue weighted by Gasteiger charge is -2.15. The van der Waals surface area contributed by atoms with Crippen LogP contribution in [0.2, 0.25) is 0 Å². The van der Waals surface area contributed by atoms with Crippen LogP contribution in [0, 0.1) is 20.8 Å². The monoisotopic (exact) mass is 401 g/mol. The van der Waals surface area contributed by atoms with E-state index >= 15 is 0 Å². The number of pyridine rings is 3. The zero-order valence-corrected chi connectivity index (χ0v) is 17.7. The van der Waals surface area contributed by atoms with Crippen LogP contribution in [0.15, 0.2) is 48.7 Å². The van der Waals surface area contributed by atoms with Gasteiger partial charge in [-0.1, -0.05) is 6.07 Å². The normalized spacial score (nSPS) is 10.8. The highest BCUT2D eigenvalue weighted by Gasteiger charge is 2.16. The Morgan fingerprint density at radius 3 is 2.27 bits per heavy atom. The van der Waals surface area contributed by atoms with Crippen LogP contribution in [0.5, 0.6) is 23.0 Å². The number of nitrogens with zero attached hydrogens (tertiary/aromatic N) is 3. The number of rotatable bonds is 5. The molecule has 0 radical (unpaired) electrons. The molecule has 0 aliphatic rings. The van der Waals surface area contributed by atoms with Gasteiger partial charge in [-0.2, -0.15) is 0 Å². The number of fused-ring (bicyclic) bond motifs is 1. The first kappa shape index (κ1) is 19.6. The van der Waals surface area contributed by atoms with Gasteiger partial charge in [-0.15, -0.1) is 0 Å². The molecule has 4 aromatic rings. The van der Waals surface area contributed by atoms with Gasteiger partial charge in [0.25, 0.3) is 0 Å². The average Bonchev–Trinajstić information content (AvgIpc) is 2.75. The van der Waals surface area contributed by atoms with Crippen LogP contribution in [0.3, 0.4) is 0 Å². The van der Waals surface area contributed by atoms with E-state index in [9.17, 15) is 0 Å². The van der Waals surface area contributed by atoms with E-state index in [1.54, 1.807) is 20.4 Å². The zero-order chi connectivity index (χ0) is 21.3. The summed E-state index contributed by atoms with van der Waals surface area (Å²) in [5.41, 5.74) is 5.12. The fraction of sp³-hybridized carbons (Fsp3) is 0.208. The number of aryl methyl sites for hydroxylation is 3. The molecule has 0 saturated heterocycles. The maximum atomic E-state index is 6.39. The number of hydrogen-bond donors (Lipinski definition) is 0. The molecule has 0 aliphatic carbocycles. The van der Waals surface area contributed by atoms with Crippen LogP contribution in [0.4, 0.5) is 0 Å². The lowest BCUT2D eigenvalue weighted by molar-refractivity contribution is 0.355. The summed E-state index contributed by atoms with van der Waals surface area (Å²) in [4.78, 5) is 13.9. The summed E-state index contributed by atoms with van der Waals surface area (Å²) in [6.07, 6.45) is 1.71. The Balaban J connectivity index is 1.87. The summed E-state index contributed by atoms with van der Waals surface area (Å²) in [5.74, 6) is 2.52. The van der Waals surface area contributed by atoms with Crippen molar-refractivity contribution in [2.75, 3.05) is 14.2 Å². The fourth-order valence-corrected chi connectivity index (χ4v) is 3.27. The van der Waals surface area contributed by atoms with Crippen molar-refractivity contribution >= 4 is 10.9 Å². The van der Waals surface area contributed by atoms with Gasteiger partial charge >= 0.3 is 0 Å². The lowest BCUT2D eigenvalue weighted by Crippen LogP contribution is -1.99. The number of aromatic nitrogens is 3. The third-order valence-corrected chi connectivity index (χ3v) is 4.99. The van der Waals surface area contributed by atoms with Crippen molar-refractivity contribution in [3.8, 4) is 34.4 Å². The summed E-state index contributed by atoms with van der Waals surface area (Å²) < 4.78 is 17.2. The summed E-state index contributed by atoms with van der Waals surface area (Å²) in [7, 11) is 3.21. The van der Waals surface area contributed by atoms with E-state index in [2.05, 4.69) is 9.97 Å². The van der Waals surface area contributed by atoms with Crippen LogP contribution in [0.1, 0.15) is 17.0 Å². The van der Waals surface area contributed by atoms with E-state index in [-0.39, 0.29) is 0 Å². The van der Waals surface area contributed by atoms with Crippen molar-refractivity contribution < 1.29 is 14.2 Å². The summed E-state index contributed by atoms with van der Waals surface area (Å²) >= 11 is 0. The molecule has 0 aliphatic heterocycles. The van der Waals surface area contributed by atoms with Crippen LogP contribution in [-0.4, -0.2) is 29.2 Å². The van der Waals surface area contributed by atoms with Gasteiger partial charge in [0, 0.05) is 29.0 Å². The third-order valence-electron chi connectivity index (χ3n) is 4.99. The van der Waals surface area contributed by atoms with Crippen molar-refractivity contribution in [1.29, 1.82) is 0 Å². The minimum Gasteiger partial charge on any atom is -0.493 e. The zero-order valence-electron chi connectivity index (χ0n) is 17.7. The fourth-order valence-electron chi connectivity index (χ4n) is 3.27. The smallest absolute Gasteiger partial charge is 0.162 e. The molecule has 0 amide bonds. The first-order valence-corrected chi connectivity index (χ1v) is 9.61. The van der Waals surface area contributed by atoms with Crippen LogP contribution in [-0.2, 0) is 0 Å². The molecular weight excluding hydrogens is 378 g/mol. The summed E-state index contributed by atoms with van der Waals surface area (Å²) in [5, 5.41) is 0.816. The molecule has 0 saturated carbocycles. The summed E-state index contributed by atoms with van der Waals surface area (Å²) in [6, 6.07) is 13.4. The van der Waals surface area contributed by atoms with Crippen LogP contribution in [0.25, 0.3) is 22.3 Å². The highest BCUT2D eigenvalue weighted by atomic mass is 16.5. The van der Waals surface area contributed by atoms with Gasteiger partial charge in [-0.05, 0) is 56.7 Å². The lowest BCUT2D eigenvalue weighted by atomic mass is 10.1. The molecule has 6 heteroatoms. The SMILES string of the molecule is COc1cc2nccc(Oc3cc(C)c(C)nc3-c3cccc(C)n3)c2cc1OC. The highest BCUT2D eigenvalue weighted by molar-refractivity contribution is 5.88. The number of benzene rings is 1. The molecule has 0 fully saturated rings. The van der Waals surface area contributed by atoms with Crippen molar-refractivity contribution in [2.24, 2.45) is 0 Å². The second-order valence-corrected chi connectivity index (χ2v) is 7.04. The molecule has 0 bridgehead atoms. The quantitative estimate of drug-likeness (QED) is 0.444. The van der Waals surface area contributed by atoms with Gasteiger partial charge in [-0.25, -0.2) is 4.98 Å². The molecule has 3 heterocycles. The van der Waals surface area contributed by atoms with Crippen LogP contribution >= 0.6 is 0 Å². The van der Waals surface area contributed by atoms with E-state index < -0.39 is 0 Å². The minimum atomic E-state index is 0.613. The molecule has 1 aromatic carbocycles. The Morgan fingerprint density at radius 1 is 0.767 bits per heavy atom. The Labute approximate surface area is 175 Å². The first-order chi connectivity index (χ1) is 14.5. The van der Waals surface area contributed by atoms with Gasteiger partial charge in [0.05, 0.1) is 25.4 Å². The standard InChI is InChI=1S/C24H23N3O3/c1-14-11-23(24(27-16(14)3)18-8-6-7-15(2)26-18)30-20-9-10-25-19-13-22(29-5)21(28-4)12-17(19)20/h6-13H,1-5H3. The largest absolute Gasteiger partial charge is 0.493 e. The second-order valence-electron chi connectivity index (χ2n) is 7.04. The van der Waals surface area contributed by atoms with Crippen LogP contribution < -0.4 is 14.2 Å². The van der Waals surface area contributed by atoms with E-state index in [4.69, 9.17) is 19.2 Å². The van der Waals surface area contributed by atoms with Crippen molar-refractivity contribution in [2.45, 2.75) is 20.8 Å². The maximum absolute atomic E-state index is 6.39. The van der Waals surface area contributed by atoms with E-state index in [1.807, 2.05) is 63.2 Å². The predicted molar refractivity (Wildman–Crippen MR) is 117 cm³/mol. The van der Waals surface area contributed by atoms with Gasteiger partial charge < -0.3 is 14.2 Å². The van der Waals surface area contributed by atoms with Gasteiger partial charge in [-0.3, -0.25) is 9.97 Å². The predicted octanol–water partition coefficient (Wildman–Crippen LogP) is 5.43. The first-order valence-electron chi connectivity index (χ1n) is 9.61. The molecular formula is C24H23N3O3. The van der Waals surface area contributed by atoms with E-state index in [1.165, 1.54) is 0 Å². The molecule has 6 nitrogen and oxygen atoms in total. The Kier molecular flexibility index (Phi) is 5.23. The Morgan fingerprint density at radius 2 is 1.53 bits per heavy atom. The minimum absolute atomic E-state index is 0.613.